The van der Waals surface area contributed by atoms with Crippen LogP contribution in [0, 0.1) is 9.49 Å². The molecule has 4 heteroatoms. The first kappa shape index (κ1) is 14.3. The van der Waals surface area contributed by atoms with E-state index in [1.807, 2.05) is 24.3 Å². The normalized spacial score (nSPS) is 23.7. The third kappa shape index (κ3) is 4.23. The first-order valence-corrected chi connectivity index (χ1v) is 8.32. The molecule has 0 spiro atoms. The summed E-state index contributed by atoms with van der Waals surface area (Å²) in [6.07, 6.45) is 4.93. The first-order chi connectivity index (χ1) is 8.65. The molecule has 0 aliphatic heterocycles. The van der Waals surface area contributed by atoms with Gasteiger partial charge in [0.05, 0.1) is 0 Å². The van der Waals surface area contributed by atoms with Crippen molar-refractivity contribution >= 4 is 44.4 Å². The Morgan fingerprint density at radius 2 is 2.06 bits per heavy atom. The number of carbonyl (C=O) groups is 1. The number of rotatable bonds is 3. The van der Waals surface area contributed by atoms with Crippen molar-refractivity contribution in [2.75, 3.05) is 6.54 Å². The van der Waals surface area contributed by atoms with Gasteiger partial charge in [-0.25, -0.2) is 0 Å². The number of hydrogen-bond acceptors (Lipinski definition) is 1. The number of alkyl halides is 1. The predicted molar refractivity (Wildman–Crippen MR) is 86.2 cm³/mol. The summed E-state index contributed by atoms with van der Waals surface area (Å²) >= 11 is 5.92. The molecule has 0 aromatic heterocycles. The maximum absolute atomic E-state index is 12.0. The molecule has 1 fully saturated rings. The van der Waals surface area contributed by atoms with Crippen LogP contribution in [0.3, 0.4) is 0 Å². The van der Waals surface area contributed by atoms with Crippen molar-refractivity contribution < 1.29 is 4.79 Å². The Balaban J connectivity index is 1.82. The number of amides is 1. The van der Waals surface area contributed by atoms with Crippen molar-refractivity contribution in [3.05, 3.63) is 33.4 Å². The second-order valence-corrected chi connectivity index (χ2v) is 7.39. The van der Waals surface area contributed by atoms with E-state index in [0.717, 1.165) is 15.7 Å². The van der Waals surface area contributed by atoms with Gasteiger partial charge in [-0.05, 0) is 72.0 Å². The molecule has 2 rings (SSSR count). The Bertz CT molecular complexity index is 407. The zero-order valence-corrected chi connectivity index (χ0v) is 13.9. The van der Waals surface area contributed by atoms with Gasteiger partial charge in [0.2, 0.25) is 0 Å². The van der Waals surface area contributed by atoms with Gasteiger partial charge in [-0.2, -0.15) is 0 Å². The van der Waals surface area contributed by atoms with Gasteiger partial charge in [-0.15, -0.1) is 0 Å². The second kappa shape index (κ2) is 6.89. The molecule has 2 nitrogen and oxygen atoms in total. The summed E-state index contributed by atoms with van der Waals surface area (Å²) in [7, 11) is 0. The SMILES string of the molecule is O=C(NCC1CCCC(Br)C1)c1ccc(I)cc1. The molecule has 2 atom stereocenters. The summed E-state index contributed by atoms with van der Waals surface area (Å²) in [6, 6.07) is 7.69. The average Bonchev–Trinajstić information content (AvgIpc) is 2.37. The van der Waals surface area contributed by atoms with Crippen molar-refractivity contribution in [3.63, 3.8) is 0 Å². The topological polar surface area (TPSA) is 29.1 Å². The van der Waals surface area contributed by atoms with Gasteiger partial charge in [0.25, 0.3) is 5.91 Å². The quantitative estimate of drug-likeness (QED) is 0.580. The standard InChI is InChI=1S/C14H17BrINO/c15-12-3-1-2-10(8-12)9-17-14(18)11-4-6-13(16)7-5-11/h4-7,10,12H,1-3,8-9H2,(H,17,18). The van der Waals surface area contributed by atoms with Gasteiger partial charge in [-0.3, -0.25) is 4.79 Å². The highest BCUT2D eigenvalue weighted by molar-refractivity contribution is 14.1. The van der Waals surface area contributed by atoms with E-state index in [0.29, 0.717) is 10.7 Å². The molecular formula is C14H17BrINO. The first-order valence-electron chi connectivity index (χ1n) is 6.33. The predicted octanol–water partition coefficient (Wildman–Crippen LogP) is 3.97. The summed E-state index contributed by atoms with van der Waals surface area (Å²) in [6.45, 7) is 0.799. The van der Waals surface area contributed by atoms with E-state index in [4.69, 9.17) is 0 Å². The van der Waals surface area contributed by atoms with Crippen molar-refractivity contribution in [1.82, 2.24) is 5.32 Å². The third-order valence-electron chi connectivity index (χ3n) is 3.38. The fourth-order valence-electron chi connectivity index (χ4n) is 2.35. The van der Waals surface area contributed by atoms with Gasteiger partial charge in [0.1, 0.15) is 0 Å². The molecule has 0 saturated heterocycles. The minimum Gasteiger partial charge on any atom is -0.352 e. The average molecular weight is 422 g/mol. The lowest BCUT2D eigenvalue weighted by Gasteiger charge is -2.25. The molecule has 1 aliphatic carbocycles. The molecular weight excluding hydrogens is 405 g/mol. The Hall–Kier alpha value is -0.100. The molecule has 1 aromatic carbocycles. The highest BCUT2D eigenvalue weighted by atomic mass is 127. The summed E-state index contributed by atoms with van der Waals surface area (Å²) < 4.78 is 1.15. The van der Waals surface area contributed by atoms with Gasteiger partial charge in [-0.1, -0.05) is 22.4 Å². The Morgan fingerprint density at radius 3 is 2.72 bits per heavy atom. The van der Waals surface area contributed by atoms with E-state index < -0.39 is 0 Å². The Kier molecular flexibility index (Phi) is 5.48. The summed E-state index contributed by atoms with van der Waals surface area (Å²) in [5.74, 6) is 0.666. The number of halogens is 2. The molecule has 98 valence electrons. The minimum atomic E-state index is 0.0445. The second-order valence-electron chi connectivity index (χ2n) is 4.85. The van der Waals surface area contributed by atoms with Crippen LogP contribution in [0.4, 0.5) is 0 Å². The lowest BCUT2D eigenvalue weighted by atomic mass is 9.89. The van der Waals surface area contributed by atoms with Gasteiger partial charge in [0, 0.05) is 20.5 Å². The molecule has 1 aliphatic rings. The van der Waals surface area contributed by atoms with Crippen molar-refractivity contribution in [3.8, 4) is 0 Å². The number of nitrogens with one attached hydrogen (secondary N) is 1. The van der Waals surface area contributed by atoms with E-state index >= 15 is 0 Å². The summed E-state index contributed by atoms with van der Waals surface area (Å²) in [4.78, 5) is 12.6. The molecule has 0 bridgehead atoms. The third-order valence-corrected chi connectivity index (χ3v) is 4.93. The number of benzene rings is 1. The fourth-order valence-corrected chi connectivity index (χ4v) is 3.56. The van der Waals surface area contributed by atoms with E-state index in [1.54, 1.807) is 0 Å². The molecule has 18 heavy (non-hydrogen) atoms. The van der Waals surface area contributed by atoms with Crippen LogP contribution in [-0.4, -0.2) is 17.3 Å². The zero-order valence-electron chi connectivity index (χ0n) is 10.2. The van der Waals surface area contributed by atoms with E-state index in [2.05, 4.69) is 43.8 Å². The van der Waals surface area contributed by atoms with Crippen molar-refractivity contribution in [1.29, 1.82) is 0 Å². The van der Waals surface area contributed by atoms with Crippen LogP contribution in [0.1, 0.15) is 36.0 Å². The van der Waals surface area contributed by atoms with Crippen molar-refractivity contribution in [2.24, 2.45) is 5.92 Å². The molecule has 2 unspecified atom stereocenters. The summed E-state index contributed by atoms with van der Waals surface area (Å²) in [5.41, 5.74) is 0.751. The van der Waals surface area contributed by atoms with Crippen LogP contribution in [0.2, 0.25) is 0 Å². The summed E-state index contributed by atoms with van der Waals surface area (Å²) in [5, 5.41) is 3.05. The van der Waals surface area contributed by atoms with E-state index in [9.17, 15) is 4.79 Å². The number of hydrogen-bond donors (Lipinski definition) is 1. The maximum Gasteiger partial charge on any atom is 0.251 e. The largest absolute Gasteiger partial charge is 0.352 e. The van der Waals surface area contributed by atoms with Gasteiger partial charge >= 0.3 is 0 Å². The molecule has 0 heterocycles. The smallest absolute Gasteiger partial charge is 0.251 e. The molecule has 1 N–H and O–H groups in total. The lowest BCUT2D eigenvalue weighted by molar-refractivity contribution is 0.0944. The van der Waals surface area contributed by atoms with Gasteiger partial charge < -0.3 is 5.32 Å². The monoisotopic (exact) mass is 421 g/mol. The maximum atomic E-state index is 12.0. The lowest BCUT2D eigenvalue weighted by Crippen LogP contribution is -2.31. The van der Waals surface area contributed by atoms with Crippen LogP contribution < -0.4 is 5.32 Å². The molecule has 1 aromatic rings. The highest BCUT2D eigenvalue weighted by Crippen LogP contribution is 2.28. The number of carbonyl (C=O) groups excluding carboxylic acids is 1. The highest BCUT2D eigenvalue weighted by Gasteiger charge is 2.20. The van der Waals surface area contributed by atoms with Crippen LogP contribution in [0.5, 0.6) is 0 Å². The van der Waals surface area contributed by atoms with Crippen LogP contribution in [-0.2, 0) is 0 Å². The molecule has 1 amide bonds. The van der Waals surface area contributed by atoms with E-state index in [1.165, 1.54) is 25.7 Å². The Morgan fingerprint density at radius 1 is 1.33 bits per heavy atom. The fraction of sp³-hybridized carbons (Fsp3) is 0.500. The zero-order chi connectivity index (χ0) is 13.0. The molecule has 1 saturated carbocycles. The minimum absolute atomic E-state index is 0.0445. The van der Waals surface area contributed by atoms with E-state index in [-0.39, 0.29) is 5.91 Å². The molecule has 0 radical (unpaired) electrons. The van der Waals surface area contributed by atoms with Crippen LogP contribution in [0.25, 0.3) is 0 Å². The van der Waals surface area contributed by atoms with Crippen LogP contribution >= 0.6 is 38.5 Å². The Labute approximate surface area is 130 Å². The van der Waals surface area contributed by atoms with Gasteiger partial charge in [0.15, 0.2) is 0 Å². The van der Waals surface area contributed by atoms with Crippen LogP contribution in [0.15, 0.2) is 24.3 Å². The van der Waals surface area contributed by atoms with Crippen molar-refractivity contribution in [2.45, 2.75) is 30.5 Å².